The van der Waals surface area contributed by atoms with Crippen molar-refractivity contribution in [3.63, 3.8) is 0 Å². The number of nitrogens with one attached hydrogen (secondary N) is 1. The van der Waals surface area contributed by atoms with Gasteiger partial charge in [-0.05, 0) is 31.2 Å². The molecule has 1 aromatic carbocycles. The lowest BCUT2D eigenvalue weighted by atomic mass is 10.1. The van der Waals surface area contributed by atoms with Gasteiger partial charge < -0.3 is 11.1 Å². The lowest BCUT2D eigenvalue weighted by molar-refractivity contribution is 0.0995. The molecule has 2 aromatic rings. The maximum Gasteiger partial charge on any atom is 0.257 e. The van der Waals surface area contributed by atoms with Crippen molar-refractivity contribution >= 4 is 17.5 Å². The fraction of sp³-hybridized carbons (Fsp3) is 0.0714. The van der Waals surface area contributed by atoms with E-state index in [-0.39, 0.29) is 22.4 Å². The van der Waals surface area contributed by atoms with Crippen LogP contribution in [0.3, 0.4) is 0 Å². The first-order valence-electron chi connectivity index (χ1n) is 5.91. The quantitative estimate of drug-likeness (QED) is 0.848. The van der Waals surface area contributed by atoms with Crippen LogP contribution < -0.4 is 11.1 Å². The van der Waals surface area contributed by atoms with Gasteiger partial charge in [-0.2, -0.15) is 4.39 Å². The molecule has 0 fully saturated rings. The Balaban J connectivity index is 2.32. The van der Waals surface area contributed by atoms with Gasteiger partial charge in [-0.15, -0.1) is 0 Å². The fourth-order valence-electron chi connectivity index (χ4n) is 1.66. The molecule has 0 spiro atoms. The number of benzene rings is 1. The largest absolute Gasteiger partial charge is 0.366 e. The topological polar surface area (TPSA) is 85.1 Å². The molecule has 108 valence electrons. The summed E-state index contributed by atoms with van der Waals surface area (Å²) in [6.45, 7) is 1.44. The number of nitrogens with two attached hydrogens (primary N) is 1. The summed E-state index contributed by atoms with van der Waals surface area (Å²) in [6.07, 6.45) is 1.05. The molecule has 0 aliphatic rings. The van der Waals surface area contributed by atoms with Crippen LogP contribution in [0.2, 0.25) is 0 Å². The van der Waals surface area contributed by atoms with Crippen molar-refractivity contribution in [2.75, 3.05) is 5.32 Å². The maximum absolute atomic E-state index is 13.7. The van der Waals surface area contributed by atoms with Crippen LogP contribution in [0, 0.1) is 18.7 Å². The van der Waals surface area contributed by atoms with Crippen LogP contribution in [-0.2, 0) is 0 Å². The molecule has 5 nitrogen and oxygen atoms in total. The lowest BCUT2D eigenvalue weighted by Crippen LogP contribution is -2.16. The monoisotopic (exact) mass is 291 g/mol. The third-order valence-corrected chi connectivity index (χ3v) is 2.87. The van der Waals surface area contributed by atoms with Crippen molar-refractivity contribution < 1.29 is 18.4 Å². The predicted molar refractivity (Wildman–Crippen MR) is 71.8 cm³/mol. The Bertz CT molecular complexity index is 715. The molecule has 3 N–H and O–H groups in total. The Labute approximate surface area is 118 Å². The number of carbonyl (C=O) groups excluding carboxylic acids is 2. The highest BCUT2D eigenvalue weighted by atomic mass is 19.1. The smallest absolute Gasteiger partial charge is 0.257 e. The average Bonchev–Trinajstić information content (AvgIpc) is 2.44. The van der Waals surface area contributed by atoms with Crippen LogP contribution in [-0.4, -0.2) is 16.8 Å². The van der Waals surface area contributed by atoms with Gasteiger partial charge in [0, 0.05) is 23.0 Å². The van der Waals surface area contributed by atoms with E-state index in [1.807, 2.05) is 0 Å². The number of hydrogen-bond donors (Lipinski definition) is 2. The summed E-state index contributed by atoms with van der Waals surface area (Å²) in [7, 11) is 0. The molecule has 0 bridgehead atoms. The fourth-order valence-corrected chi connectivity index (χ4v) is 1.66. The van der Waals surface area contributed by atoms with Crippen LogP contribution in [0.1, 0.15) is 26.3 Å². The molecular weight excluding hydrogens is 280 g/mol. The van der Waals surface area contributed by atoms with Gasteiger partial charge in [-0.1, -0.05) is 0 Å². The third-order valence-electron chi connectivity index (χ3n) is 2.87. The van der Waals surface area contributed by atoms with E-state index < -0.39 is 23.6 Å². The van der Waals surface area contributed by atoms with Gasteiger partial charge in [0.05, 0.1) is 5.56 Å². The number of aromatic nitrogens is 1. The summed E-state index contributed by atoms with van der Waals surface area (Å²) >= 11 is 0. The summed E-state index contributed by atoms with van der Waals surface area (Å²) in [5, 5.41) is 2.43. The van der Waals surface area contributed by atoms with E-state index in [0.29, 0.717) is 0 Å². The van der Waals surface area contributed by atoms with Gasteiger partial charge in [0.2, 0.25) is 11.9 Å². The van der Waals surface area contributed by atoms with Gasteiger partial charge >= 0.3 is 0 Å². The number of carbonyl (C=O) groups is 2. The van der Waals surface area contributed by atoms with Crippen molar-refractivity contribution in [1.29, 1.82) is 0 Å². The normalized spacial score (nSPS) is 10.2. The second-order valence-corrected chi connectivity index (χ2v) is 4.32. The van der Waals surface area contributed by atoms with E-state index in [4.69, 9.17) is 5.73 Å². The molecule has 21 heavy (non-hydrogen) atoms. The molecule has 0 saturated heterocycles. The summed E-state index contributed by atoms with van der Waals surface area (Å²) in [5.74, 6) is -2.80. The Morgan fingerprint density at radius 2 is 1.90 bits per heavy atom. The Morgan fingerprint density at radius 3 is 2.48 bits per heavy atom. The molecule has 0 aliphatic heterocycles. The SMILES string of the molecule is Cc1c(F)cc(C(N)=O)cc1NC(=O)c1ccc(F)nc1. The first kappa shape index (κ1) is 14.6. The van der Waals surface area contributed by atoms with Crippen molar-refractivity contribution in [3.8, 4) is 0 Å². The number of rotatable bonds is 3. The molecular formula is C14H11F2N3O2. The number of halogens is 2. The van der Waals surface area contributed by atoms with Crippen molar-refractivity contribution in [1.82, 2.24) is 4.98 Å². The minimum atomic E-state index is -0.812. The lowest BCUT2D eigenvalue weighted by Gasteiger charge is -2.10. The number of amides is 2. The van der Waals surface area contributed by atoms with Gasteiger partial charge in [0.15, 0.2) is 0 Å². The molecule has 0 radical (unpaired) electrons. The predicted octanol–water partition coefficient (Wildman–Crippen LogP) is 2.02. The van der Waals surface area contributed by atoms with Crippen LogP contribution in [0.15, 0.2) is 30.5 Å². The van der Waals surface area contributed by atoms with Crippen molar-refractivity contribution in [3.05, 3.63) is 58.9 Å². The number of anilines is 1. The van der Waals surface area contributed by atoms with Gasteiger partial charge in [0.25, 0.3) is 5.91 Å². The zero-order valence-corrected chi connectivity index (χ0v) is 11.0. The summed E-state index contributed by atoms with van der Waals surface area (Å²) in [6, 6.07) is 4.53. The third kappa shape index (κ3) is 3.19. The van der Waals surface area contributed by atoms with Crippen molar-refractivity contribution in [2.45, 2.75) is 6.92 Å². The molecule has 0 atom stereocenters. The minimum Gasteiger partial charge on any atom is -0.366 e. The summed E-state index contributed by atoms with van der Waals surface area (Å²) in [5.41, 5.74) is 5.39. The second-order valence-electron chi connectivity index (χ2n) is 4.32. The molecule has 2 rings (SSSR count). The molecule has 1 aromatic heterocycles. The maximum atomic E-state index is 13.7. The average molecular weight is 291 g/mol. The Morgan fingerprint density at radius 1 is 1.19 bits per heavy atom. The van der Waals surface area contributed by atoms with Gasteiger partial charge in [-0.3, -0.25) is 9.59 Å². The van der Waals surface area contributed by atoms with Crippen LogP contribution >= 0.6 is 0 Å². The standard InChI is InChI=1S/C14H11F2N3O2/c1-7-10(15)4-9(13(17)20)5-11(7)19-14(21)8-2-3-12(16)18-6-8/h2-6H,1H3,(H2,17,20)(H,19,21). The zero-order chi connectivity index (χ0) is 15.6. The number of pyridine rings is 1. The van der Waals surface area contributed by atoms with E-state index >= 15 is 0 Å². The number of nitrogens with zero attached hydrogens (tertiary/aromatic N) is 1. The van der Waals surface area contributed by atoms with E-state index in [1.165, 1.54) is 19.1 Å². The second kappa shape index (κ2) is 5.66. The summed E-state index contributed by atoms with van der Waals surface area (Å²) < 4.78 is 26.4. The first-order chi connectivity index (χ1) is 9.88. The van der Waals surface area contributed by atoms with E-state index in [2.05, 4.69) is 10.3 Å². The molecule has 1 heterocycles. The van der Waals surface area contributed by atoms with Crippen LogP contribution in [0.5, 0.6) is 0 Å². The van der Waals surface area contributed by atoms with Crippen LogP contribution in [0.4, 0.5) is 14.5 Å². The molecule has 2 amide bonds. The highest BCUT2D eigenvalue weighted by Gasteiger charge is 2.14. The number of primary amides is 1. The van der Waals surface area contributed by atoms with E-state index in [1.54, 1.807) is 0 Å². The van der Waals surface area contributed by atoms with Gasteiger partial charge in [-0.25, -0.2) is 9.37 Å². The molecule has 0 saturated carbocycles. The van der Waals surface area contributed by atoms with Crippen LogP contribution in [0.25, 0.3) is 0 Å². The highest BCUT2D eigenvalue weighted by Crippen LogP contribution is 2.21. The van der Waals surface area contributed by atoms with E-state index in [0.717, 1.165) is 18.3 Å². The highest BCUT2D eigenvalue weighted by molar-refractivity contribution is 6.05. The Kier molecular flexibility index (Phi) is 3.93. The molecule has 7 heteroatoms. The molecule has 0 aliphatic carbocycles. The molecule has 0 unspecified atom stereocenters. The Hall–Kier alpha value is -2.83. The van der Waals surface area contributed by atoms with E-state index in [9.17, 15) is 18.4 Å². The first-order valence-corrected chi connectivity index (χ1v) is 5.91. The van der Waals surface area contributed by atoms with Crippen molar-refractivity contribution in [2.24, 2.45) is 5.73 Å². The zero-order valence-electron chi connectivity index (χ0n) is 11.0. The minimum absolute atomic E-state index is 0.0642. The van der Waals surface area contributed by atoms with Gasteiger partial charge in [0.1, 0.15) is 5.82 Å². The summed E-state index contributed by atoms with van der Waals surface area (Å²) in [4.78, 5) is 26.4. The number of hydrogen-bond acceptors (Lipinski definition) is 3.